The number of hydrogen-bond donors (Lipinski definition) is 0. The van der Waals surface area contributed by atoms with E-state index in [1.807, 2.05) is 24.3 Å². The number of benzene rings is 1. The number of likely N-dealkylation sites (tertiary alicyclic amines) is 2. The van der Waals surface area contributed by atoms with Crippen molar-refractivity contribution in [2.45, 2.75) is 37.5 Å². The molecule has 2 aliphatic heterocycles. The van der Waals surface area contributed by atoms with Crippen LogP contribution in [-0.2, 0) is 16.6 Å². The summed E-state index contributed by atoms with van der Waals surface area (Å²) in [6.07, 6.45) is 6.48. The molecule has 2 saturated heterocycles. The van der Waals surface area contributed by atoms with E-state index in [-0.39, 0.29) is 5.91 Å². The first-order valence-corrected chi connectivity index (χ1v) is 10.3. The lowest BCUT2D eigenvalue weighted by Crippen LogP contribution is -2.42. The van der Waals surface area contributed by atoms with Crippen LogP contribution >= 0.6 is 0 Å². The summed E-state index contributed by atoms with van der Waals surface area (Å²) in [5.74, 6) is 0.647. The molecular formula is C18H26N2O2S. The molecular weight excluding hydrogens is 308 g/mol. The Morgan fingerprint density at radius 3 is 2.74 bits per heavy atom. The minimum Gasteiger partial charge on any atom is -0.334 e. The molecule has 0 bridgehead atoms. The van der Waals surface area contributed by atoms with Crippen LogP contribution in [0.25, 0.3) is 0 Å². The summed E-state index contributed by atoms with van der Waals surface area (Å²) in [5, 5.41) is 0. The Labute approximate surface area is 141 Å². The van der Waals surface area contributed by atoms with E-state index < -0.39 is 10.8 Å². The van der Waals surface area contributed by atoms with Crippen molar-refractivity contribution >= 4 is 16.7 Å². The van der Waals surface area contributed by atoms with E-state index in [1.165, 1.54) is 25.9 Å². The van der Waals surface area contributed by atoms with Gasteiger partial charge in [0.1, 0.15) is 0 Å². The van der Waals surface area contributed by atoms with Crippen molar-refractivity contribution in [3.63, 3.8) is 0 Å². The molecule has 3 rings (SSSR count). The van der Waals surface area contributed by atoms with Gasteiger partial charge in [-0.25, -0.2) is 0 Å². The van der Waals surface area contributed by atoms with Crippen LogP contribution in [0.2, 0.25) is 0 Å². The molecule has 4 nitrogen and oxygen atoms in total. The molecule has 2 fully saturated rings. The summed E-state index contributed by atoms with van der Waals surface area (Å²) < 4.78 is 11.4. The average Bonchev–Trinajstić information content (AvgIpc) is 3.18. The van der Waals surface area contributed by atoms with Crippen LogP contribution in [0.4, 0.5) is 0 Å². The molecule has 0 aromatic heterocycles. The third-order valence-corrected chi connectivity index (χ3v) is 5.59. The zero-order valence-corrected chi connectivity index (χ0v) is 14.7. The Morgan fingerprint density at radius 1 is 1.22 bits per heavy atom. The highest BCUT2D eigenvalue weighted by Crippen LogP contribution is 2.23. The van der Waals surface area contributed by atoms with Crippen molar-refractivity contribution in [3.8, 4) is 0 Å². The van der Waals surface area contributed by atoms with Crippen molar-refractivity contribution in [1.82, 2.24) is 9.80 Å². The fraction of sp³-hybridized carbons (Fsp3) is 0.611. The monoisotopic (exact) mass is 334 g/mol. The van der Waals surface area contributed by atoms with Gasteiger partial charge in [-0.2, -0.15) is 0 Å². The summed E-state index contributed by atoms with van der Waals surface area (Å²) in [7, 11) is -0.882. The number of nitrogens with zero attached hydrogens (tertiary/aromatic N) is 2. The molecule has 0 radical (unpaired) electrons. The van der Waals surface area contributed by atoms with E-state index in [4.69, 9.17) is 0 Å². The molecule has 5 heteroatoms. The maximum Gasteiger partial charge on any atom is 0.254 e. The maximum atomic E-state index is 12.9. The molecule has 2 aliphatic rings. The molecule has 1 amide bonds. The Kier molecular flexibility index (Phi) is 5.49. The Morgan fingerprint density at radius 2 is 2.00 bits per heavy atom. The lowest BCUT2D eigenvalue weighted by molar-refractivity contribution is 0.0708. The van der Waals surface area contributed by atoms with Crippen LogP contribution in [0.1, 0.15) is 41.6 Å². The standard InChI is InChI=1S/C18H26N2O2S/c1-23(22)14-15-6-4-7-16(12-15)18(21)20-11-5-8-17(20)13-19-9-2-3-10-19/h4,6-7,12,17H,2-3,5,8-11,13-14H2,1H3/t17-,23-/m1/s1. The van der Waals surface area contributed by atoms with Gasteiger partial charge in [0.2, 0.25) is 0 Å². The molecule has 2 atom stereocenters. The minimum absolute atomic E-state index is 0.135. The van der Waals surface area contributed by atoms with Gasteiger partial charge in [-0.05, 0) is 56.5 Å². The van der Waals surface area contributed by atoms with Gasteiger partial charge in [-0.3, -0.25) is 9.00 Å². The van der Waals surface area contributed by atoms with Crippen molar-refractivity contribution in [1.29, 1.82) is 0 Å². The number of carbonyl (C=O) groups excluding carboxylic acids is 1. The molecule has 0 unspecified atom stereocenters. The van der Waals surface area contributed by atoms with E-state index in [1.54, 1.807) is 6.26 Å². The second-order valence-electron chi connectivity index (χ2n) is 6.72. The Bertz CT molecular complexity index is 584. The van der Waals surface area contributed by atoms with Crippen LogP contribution in [0.15, 0.2) is 24.3 Å². The van der Waals surface area contributed by atoms with Crippen molar-refractivity contribution < 1.29 is 9.00 Å². The van der Waals surface area contributed by atoms with Crippen LogP contribution in [0.5, 0.6) is 0 Å². The van der Waals surface area contributed by atoms with Gasteiger partial charge in [-0.1, -0.05) is 12.1 Å². The molecule has 126 valence electrons. The minimum atomic E-state index is -0.882. The van der Waals surface area contributed by atoms with Crippen LogP contribution in [0, 0.1) is 0 Å². The smallest absolute Gasteiger partial charge is 0.254 e. The van der Waals surface area contributed by atoms with Gasteiger partial charge in [0.05, 0.1) is 0 Å². The lowest BCUT2D eigenvalue weighted by Gasteiger charge is -2.28. The zero-order chi connectivity index (χ0) is 16.2. The topological polar surface area (TPSA) is 40.6 Å². The van der Waals surface area contributed by atoms with E-state index in [2.05, 4.69) is 9.80 Å². The zero-order valence-electron chi connectivity index (χ0n) is 13.9. The molecule has 0 aliphatic carbocycles. The molecule has 1 aromatic rings. The average molecular weight is 334 g/mol. The molecule has 2 heterocycles. The summed E-state index contributed by atoms with van der Waals surface area (Å²) in [6, 6.07) is 8.00. The predicted octanol–water partition coefficient (Wildman–Crippen LogP) is 2.27. The Hall–Kier alpha value is -1.20. The van der Waals surface area contributed by atoms with E-state index in [0.717, 1.165) is 37.1 Å². The van der Waals surface area contributed by atoms with Crippen molar-refractivity contribution in [2.75, 3.05) is 32.4 Å². The fourth-order valence-corrected chi connectivity index (χ4v) is 4.40. The van der Waals surface area contributed by atoms with Crippen LogP contribution in [0.3, 0.4) is 0 Å². The number of amides is 1. The SMILES string of the molecule is C[S@@](=O)Cc1cccc(C(=O)N2CCC[C@@H]2CN2CCCC2)c1. The highest BCUT2D eigenvalue weighted by molar-refractivity contribution is 7.83. The van der Waals surface area contributed by atoms with E-state index in [9.17, 15) is 9.00 Å². The van der Waals surface area contributed by atoms with Gasteiger partial charge in [-0.15, -0.1) is 0 Å². The van der Waals surface area contributed by atoms with Gasteiger partial charge in [0.25, 0.3) is 5.91 Å². The number of hydrogen-bond acceptors (Lipinski definition) is 3. The molecule has 23 heavy (non-hydrogen) atoms. The summed E-state index contributed by atoms with van der Waals surface area (Å²) >= 11 is 0. The predicted molar refractivity (Wildman–Crippen MR) is 93.9 cm³/mol. The molecule has 1 aromatic carbocycles. The maximum absolute atomic E-state index is 12.9. The summed E-state index contributed by atoms with van der Waals surface area (Å²) in [4.78, 5) is 17.4. The molecule has 0 saturated carbocycles. The largest absolute Gasteiger partial charge is 0.334 e. The number of carbonyl (C=O) groups is 1. The fourth-order valence-electron chi connectivity index (χ4n) is 3.75. The van der Waals surface area contributed by atoms with Gasteiger partial charge in [0, 0.05) is 47.5 Å². The lowest BCUT2D eigenvalue weighted by atomic mass is 10.1. The third kappa shape index (κ3) is 4.21. The summed E-state index contributed by atoms with van der Waals surface area (Å²) in [5.41, 5.74) is 1.72. The van der Waals surface area contributed by atoms with Gasteiger partial charge < -0.3 is 9.80 Å². The Balaban J connectivity index is 1.69. The second-order valence-corrected chi connectivity index (χ2v) is 8.16. The van der Waals surface area contributed by atoms with Crippen molar-refractivity contribution in [2.24, 2.45) is 0 Å². The second kappa shape index (κ2) is 7.58. The van der Waals surface area contributed by atoms with E-state index >= 15 is 0 Å². The summed E-state index contributed by atoms with van der Waals surface area (Å²) in [6.45, 7) is 4.23. The highest BCUT2D eigenvalue weighted by Gasteiger charge is 2.31. The van der Waals surface area contributed by atoms with E-state index in [0.29, 0.717) is 11.8 Å². The third-order valence-electron chi connectivity index (χ3n) is 4.85. The van der Waals surface area contributed by atoms with Gasteiger partial charge >= 0.3 is 0 Å². The quantitative estimate of drug-likeness (QED) is 0.829. The first-order chi connectivity index (χ1) is 11.1. The van der Waals surface area contributed by atoms with Crippen LogP contribution in [-0.4, -0.2) is 58.4 Å². The molecule has 0 N–H and O–H groups in total. The first kappa shape index (κ1) is 16.7. The highest BCUT2D eigenvalue weighted by atomic mass is 32.2. The molecule has 0 spiro atoms. The van der Waals surface area contributed by atoms with Crippen molar-refractivity contribution in [3.05, 3.63) is 35.4 Å². The normalized spacial score (nSPS) is 23.3. The van der Waals surface area contributed by atoms with Gasteiger partial charge in [0.15, 0.2) is 0 Å². The van der Waals surface area contributed by atoms with Crippen LogP contribution < -0.4 is 0 Å². The number of rotatable bonds is 5. The first-order valence-electron chi connectivity index (χ1n) is 8.56.